The van der Waals surface area contributed by atoms with E-state index in [0.29, 0.717) is 11.4 Å². The quantitative estimate of drug-likeness (QED) is 0.393. The molecule has 0 saturated carbocycles. The van der Waals surface area contributed by atoms with Crippen molar-refractivity contribution in [2.75, 3.05) is 0 Å². The van der Waals surface area contributed by atoms with E-state index in [2.05, 4.69) is 6.07 Å². The number of fused-ring (bicyclic) bond motifs is 3. The van der Waals surface area contributed by atoms with Gasteiger partial charge in [0.05, 0.1) is 22.4 Å². The zero-order valence-corrected chi connectivity index (χ0v) is 18.2. The zero-order chi connectivity index (χ0) is 23.1. The highest BCUT2D eigenvalue weighted by molar-refractivity contribution is 6.59. The van der Waals surface area contributed by atoms with Crippen molar-refractivity contribution in [1.82, 2.24) is 14.5 Å². The first-order valence-corrected chi connectivity index (χ1v) is 11.1. The molecule has 0 aliphatic carbocycles. The van der Waals surface area contributed by atoms with Gasteiger partial charge in [0, 0.05) is 21.9 Å². The van der Waals surface area contributed by atoms with E-state index in [-0.39, 0.29) is 0 Å². The van der Waals surface area contributed by atoms with Crippen LogP contribution in [0.2, 0.25) is 0 Å². The molecule has 34 heavy (non-hydrogen) atoms. The van der Waals surface area contributed by atoms with E-state index in [4.69, 9.17) is 9.97 Å². The van der Waals surface area contributed by atoms with Gasteiger partial charge in [-0.3, -0.25) is 4.57 Å². The van der Waals surface area contributed by atoms with Crippen molar-refractivity contribution >= 4 is 34.4 Å². The molecular weight excluding hydrogens is 421 g/mol. The van der Waals surface area contributed by atoms with Crippen LogP contribution in [-0.2, 0) is 0 Å². The second kappa shape index (κ2) is 8.26. The summed E-state index contributed by atoms with van der Waals surface area (Å²) >= 11 is 0. The summed E-state index contributed by atoms with van der Waals surface area (Å²) in [7, 11) is -1.56. The molecule has 0 aliphatic rings. The minimum absolute atomic E-state index is 0.416. The van der Waals surface area contributed by atoms with E-state index < -0.39 is 7.12 Å². The molecule has 6 heteroatoms. The molecule has 2 aromatic heterocycles. The Balaban J connectivity index is 1.69. The van der Waals surface area contributed by atoms with Crippen LogP contribution in [0.3, 0.4) is 0 Å². The molecule has 0 atom stereocenters. The van der Waals surface area contributed by atoms with Crippen LogP contribution in [0.4, 0.5) is 0 Å². The molecule has 0 aliphatic heterocycles. The molecule has 162 valence electrons. The van der Waals surface area contributed by atoms with Crippen molar-refractivity contribution in [2.24, 2.45) is 0 Å². The average molecular weight is 441 g/mol. The van der Waals surface area contributed by atoms with E-state index in [9.17, 15) is 10.0 Å². The fourth-order valence-electron chi connectivity index (χ4n) is 4.41. The Bertz CT molecular complexity index is 1570. The molecule has 0 spiro atoms. The van der Waals surface area contributed by atoms with Crippen LogP contribution in [-0.4, -0.2) is 31.7 Å². The molecule has 0 unspecified atom stereocenters. The molecule has 4 aromatic carbocycles. The Morgan fingerprint density at radius 3 is 1.74 bits per heavy atom. The summed E-state index contributed by atoms with van der Waals surface area (Å²) in [5, 5.41) is 21.7. The Hall–Kier alpha value is -4.26. The van der Waals surface area contributed by atoms with Gasteiger partial charge in [0.15, 0.2) is 0 Å². The van der Waals surface area contributed by atoms with Gasteiger partial charge >= 0.3 is 7.12 Å². The van der Waals surface area contributed by atoms with Crippen molar-refractivity contribution in [3.05, 3.63) is 109 Å². The van der Waals surface area contributed by atoms with Crippen LogP contribution in [0, 0.1) is 0 Å². The molecule has 0 fully saturated rings. The Kier molecular flexibility index (Phi) is 4.95. The summed E-state index contributed by atoms with van der Waals surface area (Å²) in [4.78, 5) is 9.95. The molecule has 2 N–H and O–H groups in total. The van der Waals surface area contributed by atoms with Crippen LogP contribution in [0.5, 0.6) is 0 Å². The van der Waals surface area contributed by atoms with Gasteiger partial charge in [-0.2, -0.15) is 0 Å². The molecular formula is C28H20BN3O2. The Morgan fingerprint density at radius 2 is 1.12 bits per heavy atom. The average Bonchev–Trinajstić information content (AvgIpc) is 3.23. The summed E-state index contributed by atoms with van der Waals surface area (Å²) < 4.78 is 2.00. The number of para-hydroxylation sites is 1. The fraction of sp³-hybridized carbons (Fsp3) is 0. The largest absolute Gasteiger partial charge is 0.488 e. The monoisotopic (exact) mass is 441 g/mol. The smallest absolute Gasteiger partial charge is 0.423 e. The van der Waals surface area contributed by atoms with Crippen molar-refractivity contribution in [1.29, 1.82) is 0 Å². The van der Waals surface area contributed by atoms with Crippen molar-refractivity contribution in [2.45, 2.75) is 0 Å². The highest BCUT2D eigenvalue weighted by Gasteiger charge is 2.19. The first-order chi connectivity index (χ1) is 16.7. The van der Waals surface area contributed by atoms with Crippen molar-refractivity contribution in [3.8, 4) is 28.5 Å². The lowest BCUT2D eigenvalue weighted by Gasteiger charge is -2.12. The third-order valence-corrected chi connectivity index (χ3v) is 6.05. The number of rotatable bonds is 4. The first-order valence-electron chi connectivity index (χ1n) is 11.1. The topological polar surface area (TPSA) is 71.2 Å². The maximum absolute atomic E-state index is 9.82. The molecule has 0 saturated heterocycles. The van der Waals surface area contributed by atoms with Gasteiger partial charge in [-0.15, -0.1) is 0 Å². The molecule has 5 nitrogen and oxygen atoms in total. The van der Waals surface area contributed by atoms with Crippen LogP contribution in [0.15, 0.2) is 109 Å². The third-order valence-electron chi connectivity index (χ3n) is 6.05. The lowest BCUT2D eigenvalue weighted by molar-refractivity contribution is 0.426. The second-order valence-corrected chi connectivity index (χ2v) is 8.17. The van der Waals surface area contributed by atoms with E-state index in [1.54, 1.807) is 12.1 Å². The number of benzene rings is 4. The van der Waals surface area contributed by atoms with Gasteiger partial charge in [-0.25, -0.2) is 9.97 Å². The van der Waals surface area contributed by atoms with Crippen LogP contribution in [0.1, 0.15) is 0 Å². The Morgan fingerprint density at radius 1 is 0.559 bits per heavy atom. The lowest BCUT2D eigenvalue weighted by Crippen LogP contribution is -2.29. The fourth-order valence-corrected chi connectivity index (χ4v) is 4.41. The van der Waals surface area contributed by atoms with Crippen molar-refractivity contribution < 1.29 is 10.0 Å². The number of hydrogen-bond acceptors (Lipinski definition) is 4. The normalized spacial score (nSPS) is 11.2. The van der Waals surface area contributed by atoms with E-state index in [0.717, 1.165) is 44.3 Å². The van der Waals surface area contributed by atoms with Gasteiger partial charge in [0.1, 0.15) is 0 Å². The van der Waals surface area contributed by atoms with Gasteiger partial charge in [-0.1, -0.05) is 91.0 Å². The summed E-state index contributed by atoms with van der Waals surface area (Å²) in [6.07, 6.45) is 0. The second-order valence-electron chi connectivity index (χ2n) is 8.17. The summed E-state index contributed by atoms with van der Waals surface area (Å²) in [5.41, 5.74) is 5.80. The van der Waals surface area contributed by atoms with Crippen LogP contribution < -0.4 is 5.46 Å². The highest BCUT2D eigenvalue weighted by Crippen LogP contribution is 2.32. The van der Waals surface area contributed by atoms with Gasteiger partial charge in [0.25, 0.3) is 0 Å². The summed E-state index contributed by atoms with van der Waals surface area (Å²) in [6, 6.07) is 35.6. The third kappa shape index (κ3) is 3.46. The summed E-state index contributed by atoms with van der Waals surface area (Å²) in [5.74, 6) is 0.524. The van der Waals surface area contributed by atoms with Gasteiger partial charge < -0.3 is 10.0 Å². The minimum Gasteiger partial charge on any atom is -0.423 e. The van der Waals surface area contributed by atoms with Gasteiger partial charge in [-0.05, 0) is 23.7 Å². The van der Waals surface area contributed by atoms with Crippen LogP contribution in [0.25, 0.3) is 50.3 Å². The van der Waals surface area contributed by atoms with Gasteiger partial charge in [0.2, 0.25) is 5.95 Å². The predicted octanol–water partition coefficient (Wildman–Crippen LogP) is 4.59. The maximum atomic E-state index is 9.82. The highest BCUT2D eigenvalue weighted by atomic mass is 16.4. The zero-order valence-electron chi connectivity index (χ0n) is 18.2. The maximum Gasteiger partial charge on any atom is 0.488 e. The Labute approximate surface area is 196 Å². The molecule has 0 amide bonds. The number of hydrogen-bond donors (Lipinski definition) is 2. The SMILES string of the molecule is OB(O)c1ccc2c3ccccc3n(-c3nc(-c4ccccc4)cc(-c4ccccc4)n3)c2c1. The van der Waals surface area contributed by atoms with E-state index in [1.807, 2.05) is 95.6 Å². The van der Waals surface area contributed by atoms with E-state index in [1.165, 1.54) is 0 Å². The van der Waals surface area contributed by atoms with E-state index >= 15 is 0 Å². The molecule has 2 heterocycles. The molecule has 6 aromatic rings. The lowest BCUT2D eigenvalue weighted by atomic mass is 9.80. The first kappa shape index (κ1) is 20.4. The number of aromatic nitrogens is 3. The molecule has 0 bridgehead atoms. The minimum atomic E-state index is -1.56. The molecule has 6 rings (SSSR count). The van der Waals surface area contributed by atoms with Crippen LogP contribution >= 0.6 is 0 Å². The molecule has 0 radical (unpaired) electrons. The van der Waals surface area contributed by atoms with Crippen molar-refractivity contribution in [3.63, 3.8) is 0 Å². The predicted molar refractivity (Wildman–Crippen MR) is 137 cm³/mol. The number of nitrogens with zero attached hydrogens (tertiary/aromatic N) is 3. The standard InChI is InChI=1S/C28H20BN3O2/c33-29(34)21-15-16-23-22-13-7-8-14-26(22)32(27(23)17-21)28-30-24(19-9-3-1-4-10-19)18-25(31-28)20-11-5-2-6-12-20/h1-18,33-34H. The summed E-state index contributed by atoms with van der Waals surface area (Å²) in [6.45, 7) is 0.